The maximum atomic E-state index is 13.1. The fraction of sp³-hybridized carbons (Fsp3) is 0.167. The summed E-state index contributed by atoms with van der Waals surface area (Å²) < 4.78 is 122. The predicted octanol–water partition coefficient (Wildman–Crippen LogP) is 6.22. The molecule has 0 amide bonds. The molecule has 3 rings (SSSR count). The summed E-state index contributed by atoms with van der Waals surface area (Å²) in [6.07, 6.45) is -15.7. The summed E-state index contributed by atoms with van der Waals surface area (Å²) in [5.41, 5.74) is -7.67. The molecule has 0 fully saturated rings. The molecule has 1 N–H and O–H groups in total. The van der Waals surface area contributed by atoms with Crippen LogP contribution in [-0.4, -0.2) is 5.11 Å². The highest BCUT2D eigenvalue weighted by Gasteiger charge is 2.38. The Morgan fingerprint density at radius 1 is 0.733 bits per heavy atom. The molecule has 0 bridgehead atoms. The summed E-state index contributed by atoms with van der Waals surface area (Å²) >= 11 is 0. The first-order valence-electron chi connectivity index (χ1n) is 7.76. The van der Waals surface area contributed by atoms with Crippen molar-refractivity contribution in [1.82, 2.24) is 0 Å². The SMILES string of the molecule is O=c1cc(C(F)(F)F)oc2c(-c3cc(C(F)(F)F)cc(C(F)(F)F)c3)c(O)ccc12. The number of alkyl halides is 9. The molecule has 0 spiro atoms. The van der Waals surface area contributed by atoms with Gasteiger partial charge in [-0.1, -0.05) is 0 Å². The molecule has 30 heavy (non-hydrogen) atoms. The summed E-state index contributed by atoms with van der Waals surface area (Å²) in [7, 11) is 0. The van der Waals surface area contributed by atoms with Crippen molar-refractivity contribution in [2.45, 2.75) is 18.5 Å². The van der Waals surface area contributed by atoms with Crippen molar-refractivity contribution < 1.29 is 49.0 Å². The first-order chi connectivity index (χ1) is 13.6. The highest BCUT2D eigenvalue weighted by molar-refractivity contribution is 5.95. The molecule has 1 heterocycles. The van der Waals surface area contributed by atoms with Crippen molar-refractivity contribution in [3.05, 3.63) is 63.5 Å². The Bertz CT molecular complexity index is 1150. The molecule has 0 radical (unpaired) electrons. The van der Waals surface area contributed by atoms with Crippen LogP contribution in [0.15, 0.2) is 45.6 Å². The van der Waals surface area contributed by atoms with Crippen molar-refractivity contribution >= 4 is 11.0 Å². The Labute approximate surface area is 160 Å². The minimum Gasteiger partial charge on any atom is -0.507 e. The van der Waals surface area contributed by atoms with E-state index in [2.05, 4.69) is 4.42 Å². The second-order valence-electron chi connectivity index (χ2n) is 6.10. The van der Waals surface area contributed by atoms with E-state index in [0.29, 0.717) is 0 Å². The molecule has 1 aromatic heterocycles. The second-order valence-corrected chi connectivity index (χ2v) is 6.10. The van der Waals surface area contributed by atoms with Crippen molar-refractivity contribution in [2.75, 3.05) is 0 Å². The summed E-state index contributed by atoms with van der Waals surface area (Å²) in [5, 5.41) is 9.45. The Morgan fingerprint density at radius 2 is 1.27 bits per heavy atom. The zero-order chi connectivity index (χ0) is 22.6. The number of hydrogen-bond acceptors (Lipinski definition) is 3. The molecule has 0 saturated heterocycles. The first kappa shape index (κ1) is 21.5. The third-order valence-corrected chi connectivity index (χ3v) is 4.03. The predicted molar refractivity (Wildman–Crippen MR) is 84.6 cm³/mol. The third-order valence-electron chi connectivity index (χ3n) is 4.03. The fourth-order valence-electron chi connectivity index (χ4n) is 2.73. The highest BCUT2D eigenvalue weighted by Crippen LogP contribution is 2.43. The lowest BCUT2D eigenvalue weighted by Gasteiger charge is -2.16. The lowest BCUT2D eigenvalue weighted by Crippen LogP contribution is -2.12. The van der Waals surface area contributed by atoms with Gasteiger partial charge in [-0.25, -0.2) is 0 Å². The molecule has 3 nitrogen and oxygen atoms in total. The Kier molecular flexibility index (Phi) is 4.79. The van der Waals surface area contributed by atoms with Gasteiger partial charge in [0.25, 0.3) is 0 Å². The maximum Gasteiger partial charge on any atom is 0.449 e. The van der Waals surface area contributed by atoms with E-state index in [9.17, 15) is 49.4 Å². The molecule has 0 aliphatic rings. The number of rotatable bonds is 1. The number of phenolic OH excluding ortho intramolecular Hbond substituents is 1. The van der Waals surface area contributed by atoms with Gasteiger partial charge in [0.1, 0.15) is 11.3 Å². The lowest BCUT2D eigenvalue weighted by molar-refractivity contribution is -0.153. The van der Waals surface area contributed by atoms with Crippen molar-refractivity contribution in [1.29, 1.82) is 0 Å². The summed E-state index contributed by atoms with van der Waals surface area (Å²) in [6, 6.07) is 1.86. The molecule has 0 aliphatic carbocycles. The number of hydrogen-bond donors (Lipinski definition) is 1. The normalized spacial score (nSPS) is 13.1. The molecule has 160 valence electrons. The lowest BCUT2D eigenvalue weighted by atomic mass is 9.96. The van der Waals surface area contributed by atoms with Gasteiger partial charge >= 0.3 is 18.5 Å². The van der Waals surface area contributed by atoms with Gasteiger partial charge in [-0.05, 0) is 35.9 Å². The van der Waals surface area contributed by atoms with E-state index in [1.165, 1.54) is 0 Å². The largest absolute Gasteiger partial charge is 0.507 e. The number of benzene rings is 2. The summed E-state index contributed by atoms with van der Waals surface area (Å²) in [6.45, 7) is 0. The van der Waals surface area contributed by atoms with Gasteiger partial charge in [0.05, 0.1) is 22.1 Å². The molecular weight excluding hydrogens is 435 g/mol. The molecule has 12 heteroatoms. The van der Waals surface area contributed by atoms with E-state index in [1.807, 2.05) is 0 Å². The topological polar surface area (TPSA) is 50.4 Å². The van der Waals surface area contributed by atoms with E-state index in [0.717, 1.165) is 12.1 Å². The molecule has 0 unspecified atom stereocenters. The van der Waals surface area contributed by atoms with E-state index < -0.39 is 68.7 Å². The van der Waals surface area contributed by atoms with Gasteiger partial charge in [-0.2, -0.15) is 39.5 Å². The van der Waals surface area contributed by atoms with E-state index in [-0.39, 0.29) is 24.3 Å². The Hall–Kier alpha value is -3.18. The van der Waals surface area contributed by atoms with Crippen LogP contribution in [0.25, 0.3) is 22.1 Å². The van der Waals surface area contributed by atoms with Crippen LogP contribution < -0.4 is 5.43 Å². The second kappa shape index (κ2) is 6.67. The van der Waals surface area contributed by atoms with E-state index in [1.54, 1.807) is 0 Å². The van der Waals surface area contributed by atoms with Gasteiger partial charge in [-0.15, -0.1) is 0 Å². The zero-order valence-corrected chi connectivity index (χ0v) is 14.1. The van der Waals surface area contributed by atoms with Crippen molar-refractivity contribution in [3.63, 3.8) is 0 Å². The number of halogens is 9. The van der Waals surface area contributed by atoms with Crippen molar-refractivity contribution in [2.24, 2.45) is 0 Å². The minimum atomic E-state index is -5.24. The Morgan fingerprint density at radius 3 is 1.73 bits per heavy atom. The van der Waals surface area contributed by atoms with Gasteiger partial charge in [0, 0.05) is 6.07 Å². The summed E-state index contributed by atoms with van der Waals surface area (Å²) in [4.78, 5) is 12.0. The molecule has 0 aliphatic heterocycles. The van der Waals surface area contributed by atoms with E-state index in [4.69, 9.17) is 0 Å². The molecule has 3 aromatic rings. The van der Waals surface area contributed by atoms with Crippen LogP contribution >= 0.6 is 0 Å². The average Bonchev–Trinajstić information content (AvgIpc) is 2.58. The molecule has 2 aromatic carbocycles. The third kappa shape index (κ3) is 3.94. The van der Waals surface area contributed by atoms with Crippen LogP contribution in [0, 0.1) is 0 Å². The van der Waals surface area contributed by atoms with Crippen LogP contribution in [-0.2, 0) is 18.5 Å². The maximum absolute atomic E-state index is 13.1. The van der Waals surface area contributed by atoms with Crippen LogP contribution in [0.2, 0.25) is 0 Å². The number of fused-ring (bicyclic) bond motifs is 1. The van der Waals surface area contributed by atoms with Gasteiger partial charge < -0.3 is 9.52 Å². The standard InChI is InChI=1S/C18H7F9O3/c19-16(20,21)8-3-7(4-9(5-8)17(22,23)24)14-11(28)2-1-10-12(29)6-13(18(25,26)27)30-15(10)14/h1-6,28H. The van der Waals surface area contributed by atoms with E-state index >= 15 is 0 Å². The molecule has 0 atom stereocenters. The van der Waals surface area contributed by atoms with Gasteiger partial charge in [0.15, 0.2) is 5.43 Å². The molecule has 0 saturated carbocycles. The smallest absolute Gasteiger partial charge is 0.449 e. The average molecular weight is 442 g/mol. The number of aromatic hydroxyl groups is 1. The summed E-state index contributed by atoms with van der Waals surface area (Å²) in [5.74, 6) is -2.83. The van der Waals surface area contributed by atoms with Gasteiger partial charge in [-0.3, -0.25) is 4.79 Å². The minimum absolute atomic E-state index is 0.0798. The number of phenols is 1. The monoisotopic (exact) mass is 442 g/mol. The van der Waals surface area contributed by atoms with Crippen molar-refractivity contribution in [3.8, 4) is 16.9 Å². The fourth-order valence-corrected chi connectivity index (χ4v) is 2.73. The molecular formula is C18H7F9O3. The Balaban J connectivity index is 2.46. The quantitative estimate of drug-likeness (QED) is 0.455. The van der Waals surface area contributed by atoms with Crippen LogP contribution in [0.4, 0.5) is 39.5 Å². The zero-order valence-electron chi connectivity index (χ0n) is 14.1. The van der Waals surface area contributed by atoms with Crippen LogP contribution in [0.5, 0.6) is 5.75 Å². The highest BCUT2D eigenvalue weighted by atomic mass is 19.4. The van der Waals surface area contributed by atoms with Gasteiger partial charge in [0.2, 0.25) is 5.76 Å². The van der Waals surface area contributed by atoms with Crippen LogP contribution in [0.3, 0.4) is 0 Å². The van der Waals surface area contributed by atoms with Crippen LogP contribution in [0.1, 0.15) is 16.9 Å². The first-order valence-corrected chi connectivity index (χ1v) is 7.76.